The van der Waals surface area contributed by atoms with Crippen LogP contribution in [0.5, 0.6) is 0 Å². The van der Waals surface area contributed by atoms with Crippen LogP contribution in [0.15, 0.2) is 29.1 Å². The Morgan fingerprint density at radius 3 is 2.81 bits per heavy atom. The van der Waals surface area contributed by atoms with E-state index in [1.54, 1.807) is 11.5 Å². The minimum Gasteiger partial charge on any atom is -0.494 e. The van der Waals surface area contributed by atoms with Gasteiger partial charge in [0.25, 0.3) is 0 Å². The molecule has 26 heavy (non-hydrogen) atoms. The number of thiazole rings is 1. The van der Waals surface area contributed by atoms with E-state index in [1.165, 1.54) is 17.6 Å². The lowest BCUT2D eigenvalue weighted by Gasteiger charge is -2.12. The van der Waals surface area contributed by atoms with Gasteiger partial charge in [-0.05, 0) is 38.0 Å². The normalized spacial score (nSPS) is 14.6. The molecule has 2 heterocycles. The van der Waals surface area contributed by atoms with Gasteiger partial charge in [0.15, 0.2) is 4.80 Å². The molecular formula is C18H20N2O5S. The summed E-state index contributed by atoms with van der Waals surface area (Å²) < 4.78 is 18.1. The van der Waals surface area contributed by atoms with Crippen LogP contribution < -0.4 is 4.80 Å². The number of fused-ring (bicyclic) bond motifs is 1. The summed E-state index contributed by atoms with van der Waals surface area (Å²) in [4.78, 5) is 29.0. The van der Waals surface area contributed by atoms with Gasteiger partial charge in [0.1, 0.15) is 26.0 Å². The molecule has 3 rings (SSSR count). The molecule has 7 nitrogen and oxygen atoms in total. The third-order valence-electron chi connectivity index (χ3n) is 3.76. The molecule has 0 bridgehead atoms. The minimum atomic E-state index is -0.539. The van der Waals surface area contributed by atoms with Crippen LogP contribution in [0, 0.1) is 13.8 Å². The summed E-state index contributed by atoms with van der Waals surface area (Å²) in [6.07, 6.45) is 1.27. The van der Waals surface area contributed by atoms with Crippen LogP contribution in [0.3, 0.4) is 0 Å². The van der Waals surface area contributed by atoms with E-state index in [0.717, 1.165) is 21.3 Å². The van der Waals surface area contributed by atoms with Gasteiger partial charge < -0.3 is 18.8 Å². The van der Waals surface area contributed by atoms with Gasteiger partial charge in [-0.25, -0.2) is 0 Å². The molecule has 0 unspecified atom stereocenters. The lowest BCUT2D eigenvalue weighted by Crippen LogP contribution is -2.24. The molecule has 0 saturated carbocycles. The van der Waals surface area contributed by atoms with Crippen molar-refractivity contribution < 1.29 is 23.8 Å². The molecule has 0 N–H and O–H groups in total. The summed E-state index contributed by atoms with van der Waals surface area (Å²) in [5.41, 5.74) is 2.98. The summed E-state index contributed by atoms with van der Waals surface area (Å²) in [5.74, 6) is -0.856. The first-order valence-corrected chi connectivity index (χ1v) is 9.11. The fourth-order valence-electron chi connectivity index (χ4n) is 2.78. The predicted molar refractivity (Wildman–Crippen MR) is 96.5 cm³/mol. The molecule has 1 amide bonds. The quantitative estimate of drug-likeness (QED) is 0.765. The van der Waals surface area contributed by atoms with Gasteiger partial charge in [-0.3, -0.25) is 9.59 Å². The number of benzene rings is 1. The van der Waals surface area contributed by atoms with E-state index in [1.807, 2.05) is 26.0 Å². The number of aromatic nitrogens is 1. The number of nitrogens with zero attached hydrogens (tertiary/aromatic N) is 2. The molecule has 0 saturated heterocycles. The van der Waals surface area contributed by atoms with Crippen LogP contribution in [-0.4, -0.2) is 36.3 Å². The number of esters is 1. The Morgan fingerprint density at radius 2 is 2.12 bits per heavy atom. The van der Waals surface area contributed by atoms with Crippen LogP contribution in [-0.2, 0) is 30.3 Å². The zero-order valence-corrected chi connectivity index (χ0v) is 15.7. The van der Waals surface area contributed by atoms with Crippen LogP contribution >= 0.6 is 11.3 Å². The molecule has 2 aromatic rings. The molecule has 1 aromatic heterocycles. The first-order chi connectivity index (χ1) is 12.5. The number of carbonyl (C=O) groups excluding carboxylic acids is 2. The smallest absolute Gasteiger partial charge is 0.326 e. The number of rotatable bonds is 4. The van der Waals surface area contributed by atoms with Crippen molar-refractivity contribution in [1.29, 1.82) is 0 Å². The fraction of sp³-hybridized carbons (Fsp3) is 0.389. The largest absolute Gasteiger partial charge is 0.494 e. The zero-order chi connectivity index (χ0) is 18.7. The van der Waals surface area contributed by atoms with Crippen molar-refractivity contribution in [3.8, 4) is 0 Å². The lowest BCUT2D eigenvalue weighted by atomic mass is 10.1. The number of hydrogen-bond acceptors (Lipinski definition) is 6. The number of carbonyl (C=O) groups is 2. The molecule has 138 valence electrons. The first kappa shape index (κ1) is 18.2. The highest BCUT2D eigenvalue weighted by Crippen LogP contribution is 2.23. The molecule has 1 aromatic carbocycles. The maximum Gasteiger partial charge on any atom is 0.326 e. The van der Waals surface area contributed by atoms with E-state index in [4.69, 9.17) is 14.2 Å². The van der Waals surface area contributed by atoms with E-state index in [-0.39, 0.29) is 18.3 Å². The van der Waals surface area contributed by atoms with Crippen molar-refractivity contribution in [2.75, 3.05) is 19.8 Å². The Balaban J connectivity index is 2.12. The van der Waals surface area contributed by atoms with E-state index in [2.05, 4.69) is 4.99 Å². The predicted octanol–water partition coefficient (Wildman–Crippen LogP) is 2.20. The average molecular weight is 376 g/mol. The Labute approximate surface area is 154 Å². The van der Waals surface area contributed by atoms with Gasteiger partial charge >= 0.3 is 11.9 Å². The Bertz CT molecular complexity index is 954. The van der Waals surface area contributed by atoms with Gasteiger partial charge in [-0.1, -0.05) is 17.4 Å². The second kappa shape index (κ2) is 7.74. The third-order valence-corrected chi connectivity index (χ3v) is 4.79. The van der Waals surface area contributed by atoms with Crippen molar-refractivity contribution in [1.82, 2.24) is 4.57 Å². The van der Waals surface area contributed by atoms with Crippen molar-refractivity contribution in [3.05, 3.63) is 40.1 Å². The standard InChI is InChI=1S/C18H20N2O5S/c1-4-24-15(21)9-20-16-12(3)7-11(2)8-14(16)26-18(20)19-17(22)13-10-23-5-6-25-13/h7-8,10H,4-6,9H2,1-3H3. The maximum absolute atomic E-state index is 12.4. The van der Waals surface area contributed by atoms with Crippen molar-refractivity contribution in [3.63, 3.8) is 0 Å². The summed E-state index contributed by atoms with van der Waals surface area (Å²) >= 11 is 1.35. The molecule has 0 spiro atoms. The molecule has 0 radical (unpaired) electrons. The van der Waals surface area contributed by atoms with E-state index < -0.39 is 5.91 Å². The third kappa shape index (κ3) is 3.80. The van der Waals surface area contributed by atoms with Crippen molar-refractivity contribution >= 4 is 33.4 Å². The highest BCUT2D eigenvalue weighted by atomic mass is 32.1. The average Bonchev–Trinajstić information content (AvgIpc) is 2.93. The highest BCUT2D eigenvalue weighted by molar-refractivity contribution is 7.16. The SMILES string of the molecule is CCOC(=O)Cn1c(=NC(=O)C2=COCCO2)sc2cc(C)cc(C)c21. The van der Waals surface area contributed by atoms with E-state index in [9.17, 15) is 9.59 Å². The molecule has 0 fully saturated rings. The van der Waals surface area contributed by atoms with Crippen LogP contribution in [0.1, 0.15) is 18.1 Å². The van der Waals surface area contributed by atoms with Crippen molar-refractivity contribution in [2.24, 2.45) is 4.99 Å². The topological polar surface area (TPSA) is 79.1 Å². The summed E-state index contributed by atoms with van der Waals surface area (Å²) in [6.45, 7) is 6.72. The van der Waals surface area contributed by atoms with Crippen LogP contribution in [0.25, 0.3) is 10.2 Å². The molecule has 1 aliphatic heterocycles. The van der Waals surface area contributed by atoms with Gasteiger partial charge in [-0.2, -0.15) is 4.99 Å². The Hall–Kier alpha value is -2.61. The molecule has 1 aliphatic rings. The van der Waals surface area contributed by atoms with Crippen molar-refractivity contribution in [2.45, 2.75) is 27.3 Å². The monoisotopic (exact) mass is 376 g/mol. The van der Waals surface area contributed by atoms with Crippen LogP contribution in [0.2, 0.25) is 0 Å². The minimum absolute atomic E-state index is 0.0136. The summed E-state index contributed by atoms with van der Waals surface area (Å²) in [7, 11) is 0. The molecule has 0 aliphatic carbocycles. The van der Waals surface area contributed by atoms with Gasteiger partial charge in [0.05, 0.1) is 16.8 Å². The summed E-state index contributed by atoms with van der Waals surface area (Å²) in [6, 6.07) is 4.04. The fourth-order valence-corrected chi connectivity index (χ4v) is 3.99. The number of hydrogen-bond donors (Lipinski definition) is 0. The van der Waals surface area contributed by atoms with E-state index >= 15 is 0 Å². The number of aryl methyl sites for hydroxylation is 2. The number of ether oxygens (including phenoxy) is 3. The van der Waals surface area contributed by atoms with Gasteiger partial charge in [-0.15, -0.1) is 0 Å². The molecule has 8 heteroatoms. The first-order valence-electron chi connectivity index (χ1n) is 8.29. The lowest BCUT2D eigenvalue weighted by molar-refractivity contribution is -0.143. The second-order valence-corrected chi connectivity index (χ2v) is 6.83. The zero-order valence-electron chi connectivity index (χ0n) is 14.9. The number of amides is 1. The Kier molecular flexibility index (Phi) is 5.41. The Morgan fingerprint density at radius 1 is 1.31 bits per heavy atom. The van der Waals surface area contributed by atoms with Gasteiger partial charge in [0.2, 0.25) is 5.76 Å². The maximum atomic E-state index is 12.4. The summed E-state index contributed by atoms with van der Waals surface area (Å²) in [5, 5.41) is 0. The van der Waals surface area contributed by atoms with Gasteiger partial charge in [0, 0.05) is 0 Å². The van der Waals surface area contributed by atoms with Crippen LogP contribution in [0.4, 0.5) is 0 Å². The second-order valence-electron chi connectivity index (χ2n) is 5.82. The molecular weight excluding hydrogens is 356 g/mol. The molecule has 0 atom stereocenters. The highest BCUT2D eigenvalue weighted by Gasteiger charge is 2.18. The van der Waals surface area contributed by atoms with E-state index in [0.29, 0.717) is 24.6 Å².